The monoisotopic (exact) mass is 864 g/mol. The lowest BCUT2D eigenvalue weighted by atomic mass is 10.0. The highest BCUT2D eigenvalue weighted by atomic mass is 19.1. The van der Waals surface area contributed by atoms with Crippen molar-refractivity contribution in [3.05, 3.63) is 107 Å². The molecule has 0 unspecified atom stereocenters. The highest BCUT2D eigenvalue weighted by Crippen LogP contribution is 2.35. The second-order valence-electron chi connectivity index (χ2n) is 15.5. The third-order valence-corrected chi connectivity index (χ3v) is 10.1. The number of nitrogens with one attached hydrogen (secondary N) is 1. The summed E-state index contributed by atoms with van der Waals surface area (Å²) < 4.78 is 59.5. The van der Waals surface area contributed by atoms with E-state index < -0.39 is 23.6 Å². The van der Waals surface area contributed by atoms with Gasteiger partial charge in [0.2, 0.25) is 11.6 Å². The van der Waals surface area contributed by atoms with Crippen LogP contribution in [0.3, 0.4) is 0 Å². The molecule has 0 amide bonds. The molecule has 0 aliphatic heterocycles. The van der Waals surface area contributed by atoms with E-state index in [1.807, 2.05) is 27.7 Å². The van der Waals surface area contributed by atoms with Crippen molar-refractivity contribution in [3.63, 3.8) is 0 Å². The first kappa shape index (κ1) is 42.5. The van der Waals surface area contributed by atoms with Gasteiger partial charge in [-0.3, -0.25) is 9.59 Å². The summed E-state index contributed by atoms with van der Waals surface area (Å²) in [6.07, 6.45) is 3.00. The molecule has 1 N–H and O–H groups in total. The van der Waals surface area contributed by atoms with Crippen LogP contribution in [0.15, 0.2) is 82.1 Å². The Morgan fingerprint density at radius 3 is 1.80 bits per heavy atom. The molecule has 0 fully saturated rings. The Hall–Kier alpha value is -8.18. The minimum absolute atomic E-state index is 0.0961. The summed E-state index contributed by atoms with van der Waals surface area (Å²) >= 11 is 0. The topological polar surface area (TPSA) is 208 Å². The lowest BCUT2D eigenvalue weighted by Gasteiger charge is -2.11. The van der Waals surface area contributed by atoms with Crippen molar-refractivity contribution in [3.8, 4) is 69.3 Å². The molecule has 0 saturated carbocycles. The summed E-state index contributed by atoms with van der Waals surface area (Å²) in [5.74, 6) is -1.41. The molecule has 8 rings (SSSR count). The largest absolute Gasteiger partial charge is 0.490 e. The maximum Gasteiger partial charge on any atom is 0.313 e. The lowest BCUT2D eigenvalue weighted by molar-refractivity contribution is -0.159. The number of hydrogen-bond acceptors (Lipinski definition) is 13. The summed E-state index contributed by atoms with van der Waals surface area (Å²) in [6, 6.07) is 19.2. The van der Waals surface area contributed by atoms with Crippen LogP contribution in [0.2, 0.25) is 0 Å². The molecular formula is C47H38F2N8O7. The molecule has 0 spiro atoms. The molecule has 17 heteroatoms. The summed E-state index contributed by atoms with van der Waals surface area (Å²) in [5, 5.41) is 28.5. The van der Waals surface area contributed by atoms with Gasteiger partial charge in [0, 0.05) is 52.5 Å². The molecule has 4 aromatic heterocycles. The van der Waals surface area contributed by atoms with Gasteiger partial charge in [-0.2, -0.15) is 20.5 Å². The first-order chi connectivity index (χ1) is 30.8. The van der Waals surface area contributed by atoms with E-state index in [9.17, 15) is 20.1 Å². The van der Waals surface area contributed by atoms with Gasteiger partial charge in [-0.15, -0.1) is 0 Å². The fraction of sp³-hybridized carbons (Fsp3) is 0.234. The van der Waals surface area contributed by atoms with Crippen LogP contribution in [0.1, 0.15) is 62.8 Å². The first-order valence-electron chi connectivity index (χ1n) is 20.2. The number of rotatable bonds is 14. The van der Waals surface area contributed by atoms with Crippen LogP contribution < -0.4 is 9.47 Å². The van der Waals surface area contributed by atoms with E-state index in [-0.39, 0.29) is 66.9 Å². The number of aromatic amines is 1. The number of aryl methyl sites for hydroxylation is 3. The van der Waals surface area contributed by atoms with Crippen molar-refractivity contribution < 1.29 is 41.6 Å². The maximum absolute atomic E-state index is 15.2. The van der Waals surface area contributed by atoms with E-state index in [0.29, 0.717) is 72.2 Å². The van der Waals surface area contributed by atoms with Crippen molar-refractivity contribution in [2.24, 2.45) is 7.05 Å². The van der Waals surface area contributed by atoms with Crippen LogP contribution in [0.5, 0.6) is 11.5 Å². The molecule has 0 atom stereocenters. The standard InChI is InChI=1S/C47H38F2N8O7/c1-24(2)60-38-10-6-26(14-30(38)20-50)46-53-44(55-63-46)36-18-32(48)16-34-28(22-52-42(34)36)8-12-40(58)62-41(59)13-9-29-23-57(5)43-35(29)17-33(49)19-37(43)45-54-47(64-56-45)27-7-11-39(61-25(3)4)31(15-27)21-51/h6-7,10-11,14-19,22-25,52H,8-9,12-13H2,1-5H3. The van der Waals surface area contributed by atoms with E-state index in [2.05, 4.69) is 37.4 Å². The number of nitriles is 2. The second-order valence-corrected chi connectivity index (χ2v) is 15.5. The third kappa shape index (κ3) is 8.77. The van der Waals surface area contributed by atoms with Gasteiger partial charge in [-0.25, -0.2) is 8.78 Å². The van der Waals surface area contributed by atoms with Crippen molar-refractivity contribution in [1.29, 1.82) is 10.5 Å². The minimum Gasteiger partial charge on any atom is -0.490 e. The fourth-order valence-electron chi connectivity index (χ4n) is 7.41. The van der Waals surface area contributed by atoms with Crippen molar-refractivity contribution in [2.45, 2.75) is 65.6 Å². The summed E-state index contributed by atoms with van der Waals surface area (Å²) in [5.41, 5.74) is 4.48. The lowest BCUT2D eigenvalue weighted by Crippen LogP contribution is -2.13. The van der Waals surface area contributed by atoms with Gasteiger partial charge in [-0.1, -0.05) is 10.3 Å². The molecule has 4 heterocycles. The molecule has 0 radical (unpaired) electrons. The number of benzene rings is 4. The smallest absolute Gasteiger partial charge is 0.313 e. The molecule has 0 bridgehead atoms. The molecule has 322 valence electrons. The van der Waals surface area contributed by atoms with Crippen LogP contribution >= 0.6 is 0 Å². The van der Waals surface area contributed by atoms with Crippen LogP contribution in [0.25, 0.3) is 67.5 Å². The van der Waals surface area contributed by atoms with Crippen LogP contribution in [0, 0.1) is 34.3 Å². The Kier molecular flexibility index (Phi) is 11.7. The zero-order valence-corrected chi connectivity index (χ0v) is 35.2. The molecular weight excluding hydrogens is 827 g/mol. The number of fused-ring (bicyclic) bond motifs is 2. The number of aromatic nitrogens is 6. The quantitative estimate of drug-likeness (QED) is 0.0799. The predicted molar refractivity (Wildman–Crippen MR) is 227 cm³/mol. The summed E-state index contributed by atoms with van der Waals surface area (Å²) in [7, 11) is 1.76. The Bertz CT molecular complexity index is 3180. The van der Waals surface area contributed by atoms with Crippen LogP contribution in [-0.2, 0) is 34.2 Å². The van der Waals surface area contributed by atoms with Crippen molar-refractivity contribution in [1.82, 2.24) is 29.8 Å². The molecule has 4 aromatic carbocycles. The van der Waals surface area contributed by atoms with Crippen molar-refractivity contribution >= 4 is 33.7 Å². The summed E-state index contributed by atoms with van der Waals surface area (Å²) in [6.45, 7) is 7.42. The maximum atomic E-state index is 15.2. The molecule has 8 aromatic rings. The number of halogens is 2. The number of nitrogens with zero attached hydrogens (tertiary/aromatic N) is 7. The minimum atomic E-state index is -0.775. The normalized spacial score (nSPS) is 11.4. The van der Waals surface area contributed by atoms with Crippen LogP contribution in [0.4, 0.5) is 8.78 Å². The predicted octanol–water partition coefficient (Wildman–Crippen LogP) is 9.32. The SMILES string of the molecule is CC(C)Oc1ccc(-c2nc(-c3cc(F)cc4c(CCC(=O)OC(=O)CCc5cn(C)c6c(-c7noc(-c8ccc(OC(C)C)c(C#N)c8)n7)cc(F)cc56)c[nH]c34)no2)cc1C#N. The second kappa shape index (κ2) is 17.7. The molecule has 0 aliphatic rings. The number of carbonyl (C=O) groups excluding carboxylic acids is 2. The highest BCUT2D eigenvalue weighted by Gasteiger charge is 2.23. The van der Waals surface area contributed by atoms with Gasteiger partial charge in [0.15, 0.2) is 0 Å². The Morgan fingerprint density at radius 1 is 0.734 bits per heavy atom. The number of hydrogen-bond donors (Lipinski definition) is 1. The van der Waals surface area contributed by atoms with Gasteiger partial charge >= 0.3 is 11.9 Å². The molecule has 0 aliphatic carbocycles. The van der Waals surface area contributed by atoms with Gasteiger partial charge in [0.25, 0.3) is 11.8 Å². The Morgan fingerprint density at radius 2 is 1.25 bits per heavy atom. The average Bonchev–Trinajstić information content (AvgIpc) is 4.09. The van der Waals surface area contributed by atoms with E-state index in [4.69, 9.17) is 23.3 Å². The molecule has 0 saturated heterocycles. The highest BCUT2D eigenvalue weighted by molar-refractivity contribution is 5.97. The van der Waals surface area contributed by atoms with E-state index in [1.165, 1.54) is 24.3 Å². The van der Waals surface area contributed by atoms with Gasteiger partial charge in [0.05, 0.1) is 47.2 Å². The third-order valence-electron chi connectivity index (χ3n) is 10.1. The van der Waals surface area contributed by atoms with Crippen LogP contribution in [-0.4, -0.2) is 54.0 Å². The van der Waals surface area contributed by atoms with Gasteiger partial charge in [0.1, 0.15) is 35.3 Å². The Labute approximate surface area is 363 Å². The van der Waals surface area contributed by atoms with E-state index >= 15 is 8.78 Å². The number of H-pyrrole nitrogens is 1. The first-order valence-corrected chi connectivity index (χ1v) is 20.2. The van der Waals surface area contributed by atoms with Crippen molar-refractivity contribution in [2.75, 3.05) is 0 Å². The van der Waals surface area contributed by atoms with Gasteiger partial charge in [-0.05, 0) is 112 Å². The number of carbonyl (C=O) groups is 2. The zero-order chi connectivity index (χ0) is 45.2. The molecule has 15 nitrogen and oxygen atoms in total. The van der Waals surface area contributed by atoms with E-state index in [0.717, 1.165) is 0 Å². The molecule has 64 heavy (non-hydrogen) atoms. The van der Waals surface area contributed by atoms with E-state index in [1.54, 1.807) is 60.4 Å². The summed E-state index contributed by atoms with van der Waals surface area (Å²) in [4.78, 5) is 37.9. The number of esters is 2. The number of ether oxygens (including phenoxy) is 3. The zero-order valence-electron chi connectivity index (χ0n) is 35.2. The average molecular weight is 865 g/mol. The fourth-order valence-corrected chi connectivity index (χ4v) is 7.41. The van der Waals surface area contributed by atoms with Gasteiger partial charge < -0.3 is 32.8 Å². The Balaban J connectivity index is 0.917.